The molecule has 4 aromatic carbocycles. The first-order valence-electron chi connectivity index (χ1n) is 8.77. The third-order valence-electron chi connectivity index (χ3n) is 5.04. The summed E-state index contributed by atoms with van der Waals surface area (Å²) in [5.41, 5.74) is 2.98. The molecule has 0 amide bonds. The average Bonchev–Trinajstić information content (AvgIpc) is 3.11. The Morgan fingerprint density at radius 1 is 0.600 bits per heavy atom. The molecule has 4 radical (unpaired) electrons. The standard InChI is InChI=1S/C24H18P.4ClH.Sb/c1-3-9-20(10-4-1)25(21-11-5-2-6-12-21)23-17-16-19-15-14-18-8-7-13-22(23)24(18)19;;;;;/h1-12,16-17H,14-15H2;4*1H;/p-4. The maximum atomic E-state index is 3.58. The first kappa shape index (κ1) is 29.5. The molecular formula is C24H18Cl4PSb-4. The summed E-state index contributed by atoms with van der Waals surface area (Å²) in [6, 6.07) is 34.5. The Morgan fingerprint density at radius 3 is 1.63 bits per heavy atom. The molecule has 0 spiro atoms. The van der Waals surface area contributed by atoms with Crippen LogP contribution in [0.2, 0.25) is 0 Å². The van der Waals surface area contributed by atoms with Gasteiger partial charge >= 0.3 is 0 Å². The summed E-state index contributed by atoms with van der Waals surface area (Å²) in [5.74, 6) is 0. The molecule has 0 fully saturated rings. The van der Waals surface area contributed by atoms with Gasteiger partial charge in [-0.1, -0.05) is 84.9 Å². The van der Waals surface area contributed by atoms with Gasteiger partial charge in [-0.05, 0) is 64.6 Å². The van der Waals surface area contributed by atoms with E-state index in [1.54, 1.807) is 0 Å². The predicted octanol–water partition coefficient (Wildman–Crippen LogP) is -7.87. The van der Waals surface area contributed by atoms with Crippen LogP contribution in [0.15, 0.2) is 84.9 Å². The van der Waals surface area contributed by atoms with E-state index in [1.807, 2.05) is 0 Å². The Morgan fingerprint density at radius 2 is 1.10 bits per heavy atom. The van der Waals surface area contributed by atoms with Crippen LogP contribution in [0.5, 0.6) is 0 Å². The smallest absolute Gasteiger partial charge is 0 e. The Hall–Kier alpha value is -0.452. The molecule has 30 heavy (non-hydrogen) atoms. The molecule has 0 saturated carbocycles. The van der Waals surface area contributed by atoms with Crippen molar-refractivity contribution in [2.75, 3.05) is 0 Å². The Labute approximate surface area is 222 Å². The maximum Gasteiger partial charge on any atom is 0 e. The third-order valence-corrected chi connectivity index (χ3v) is 7.52. The number of benzene rings is 4. The topological polar surface area (TPSA) is 0 Å². The molecule has 0 aliphatic heterocycles. The van der Waals surface area contributed by atoms with E-state index in [0.29, 0.717) is 0 Å². The van der Waals surface area contributed by atoms with Crippen molar-refractivity contribution in [3.8, 4) is 0 Å². The Bertz CT molecular complexity index is 1010. The second-order valence-corrected chi connectivity index (χ2v) is 8.69. The normalized spacial score (nSPS) is 10.7. The Balaban J connectivity index is 0.00000168. The SMILES string of the molecule is [Cl-].[Cl-].[Cl-].[Cl-].[Sb].[c]1ccc2c3c(ccc(P(c4ccccc4)c4ccccc4)c13)CC2. The van der Waals surface area contributed by atoms with Crippen LogP contribution in [0, 0.1) is 6.07 Å². The minimum atomic E-state index is -0.574. The van der Waals surface area contributed by atoms with Crippen molar-refractivity contribution >= 4 is 59.0 Å². The molecule has 156 valence electrons. The van der Waals surface area contributed by atoms with Crippen molar-refractivity contribution in [3.63, 3.8) is 0 Å². The molecule has 1 aliphatic rings. The second kappa shape index (κ2) is 13.2. The van der Waals surface area contributed by atoms with Crippen LogP contribution < -0.4 is 65.5 Å². The average molecular weight is 601 g/mol. The molecular weight excluding hydrogens is 583 g/mol. The zero-order chi connectivity index (χ0) is 16.6. The van der Waals surface area contributed by atoms with Gasteiger partial charge in [0.2, 0.25) is 0 Å². The number of rotatable bonds is 3. The van der Waals surface area contributed by atoms with Gasteiger partial charge in [0, 0.05) is 24.4 Å². The molecule has 0 unspecified atom stereocenters. The molecule has 6 heteroatoms. The molecule has 0 N–H and O–H groups in total. The largest absolute Gasteiger partial charge is 1.00 e. The summed E-state index contributed by atoms with van der Waals surface area (Å²) in [7, 11) is -0.574. The van der Waals surface area contributed by atoms with Crippen molar-refractivity contribution < 1.29 is 49.6 Å². The third kappa shape index (κ3) is 5.48. The monoisotopic (exact) mass is 598 g/mol. The van der Waals surface area contributed by atoms with Gasteiger partial charge < -0.3 is 49.6 Å². The summed E-state index contributed by atoms with van der Waals surface area (Å²) in [5, 5.41) is 7.01. The fourth-order valence-corrected chi connectivity index (χ4v) is 6.33. The van der Waals surface area contributed by atoms with Crippen molar-refractivity contribution in [1.29, 1.82) is 0 Å². The van der Waals surface area contributed by atoms with Gasteiger partial charge in [0.25, 0.3) is 0 Å². The van der Waals surface area contributed by atoms with Crippen LogP contribution in [0.1, 0.15) is 11.1 Å². The molecule has 0 saturated heterocycles. The fraction of sp³-hybridized carbons (Fsp3) is 0.0833. The molecule has 1 aliphatic carbocycles. The van der Waals surface area contributed by atoms with E-state index in [4.69, 9.17) is 0 Å². The van der Waals surface area contributed by atoms with Crippen LogP contribution in [0.3, 0.4) is 0 Å². The van der Waals surface area contributed by atoms with Gasteiger partial charge in [0.15, 0.2) is 0 Å². The first-order chi connectivity index (χ1) is 12.4. The van der Waals surface area contributed by atoms with Gasteiger partial charge in [-0.25, -0.2) is 0 Å². The number of aryl methyl sites for hydroxylation is 2. The second-order valence-electron chi connectivity index (χ2n) is 6.50. The van der Waals surface area contributed by atoms with Crippen molar-refractivity contribution in [2.45, 2.75) is 12.8 Å². The van der Waals surface area contributed by atoms with E-state index in [0.717, 1.165) is 0 Å². The summed E-state index contributed by atoms with van der Waals surface area (Å²) in [6.07, 6.45) is 2.33. The zero-order valence-corrected chi connectivity index (χ0v) is 22.4. The van der Waals surface area contributed by atoms with E-state index < -0.39 is 7.92 Å². The van der Waals surface area contributed by atoms with Crippen LogP contribution in [0.25, 0.3) is 10.8 Å². The maximum absolute atomic E-state index is 3.58. The minimum absolute atomic E-state index is 0. The molecule has 0 aromatic heterocycles. The van der Waals surface area contributed by atoms with Crippen LogP contribution in [-0.4, -0.2) is 24.4 Å². The summed E-state index contributed by atoms with van der Waals surface area (Å²) in [4.78, 5) is 0. The van der Waals surface area contributed by atoms with Gasteiger partial charge in [-0.3, -0.25) is 0 Å². The van der Waals surface area contributed by atoms with Crippen LogP contribution in [0.4, 0.5) is 0 Å². The Kier molecular flexibility index (Phi) is 13.0. The number of hydrogen-bond acceptors (Lipinski definition) is 0. The minimum Gasteiger partial charge on any atom is -1.00 e. The molecule has 4 aromatic rings. The van der Waals surface area contributed by atoms with E-state index >= 15 is 0 Å². The predicted molar refractivity (Wildman–Crippen MR) is 115 cm³/mol. The quantitative estimate of drug-likeness (QED) is 0.162. The van der Waals surface area contributed by atoms with Crippen molar-refractivity contribution in [3.05, 3.63) is 102 Å². The molecule has 0 heterocycles. The van der Waals surface area contributed by atoms with Gasteiger partial charge in [0.05, 0.1) is 0 Å². The number of halogens is 4. The van der Waals surface area contributed by atoms with Crippen LogP contribution in [-0.2, 0) is 12.8 Å². The first-order valence-corrected chi connectivity index (χ1v) is 10.1. The van der Waals surface area contributed by atoms with E-state index in [-0.39, 0.29) is 74.1 Å². The van der Waals surface area contributed by atoms with E-state index in [9.17, 15) is 0 Å². The summed E-state index contributed by atoms with van der Waals surface area (Å²) >= 11 is 0. The van der Waals surface area contributed by atoms with Crippen LogP contribution >= 0.6 is 7.92 Å². The van der Waals surface area contributed by atoms with Gasteiger partial charge in [-0.15, -0.1) is 0 Å². The molecule has 5 rings (SSSR count). The summed E-state index contributed by atoms with van der Waals surface area (Å²) < 4.78 is 0. The summed E-state index contributed by atoms with van der Waals surface area (Å²) in [6.45, 7) is 0. The van der Waals surface area contributed by atoms with E-state index in [1.165, 1.54) is 50.7 Å². The van der Waals surface area contributed by atoms with Crippen molar-refractivity contribution in [2.24, 2.45) is 0 Å². The van der Waals surface area contributed by atoms with Gasteiger partial charge in [0.1, 0.15) is 0 Å². The van der Waals surface area contributed by atoms with Gasteiger partial charge in [-0.2, -0.15) is 0 Å². The van der Waals surface area contributed by atoms with E-state index in [2.05, 4.69) is 91.0 Å². The van der Waals surface area contributed by atoms with Crippen molar-refractivity contribution in [1.82, 2.24) is 0 Å². The molecule has 0 bridgehead atoms. The molecule has 0 atom stereocenters. The molecule has 0 nitrogen and oxygen atoms in total. The number of hydrogen-bond donors (Lipinski definition) is 0. The zero-order valence-electron chi connectivity index (χ0n) is 15.9. The fourth-order valence-electron chi connectivity index (χ4n) is 3.91.